The minimum absolute atomic E-state index is 0.0285. The molecular formula is C17H27N5O. The molecular weight excluding hydrogens is 290 g/mol. The van der Waals surface area contributed by atoms with Crippen molar-refractivity contribution in [2.75, 3.05) is 18.0 Å². The molecule has 0 amide bonds. The van der Waals surface area contributed by atoms with Gasteiger partial charge in [0.15, 0.2) is 5.52 Å². The number of nitrogens with zero attached hydrogens (tertiary/aromatic N) is 5. The SMILES string of the molecule is CCCn1c(N2C[C@H](C)C[C@@H](C)C2)nc2c(C)nn(C)c2c1=O. The lowest BCUT2D eigenvalue weighted by molar-refractivity contribution is 0.350. The van der Waals surface area contributed by atoms with Crippen LogP contribution >= 0.6 is 0 Å². The number of anilines is 1. The van der Waals surface area contributed by atoms with Gasteiger partial charge < -0.3 is 4.90 Å². The maximum Gasteiger partial charge on any atom is 0.281 e. The van der Waals surface area contributed by atoms with Crippen molar-refractivity contribution < 1.29 is 0 Å². The quantitative estimate of drug-likeness (QED) is 0.872. The Morgan fingerprint density at radius 2 is 1.87 bits per heavy atom. The summed E-state index contributed by atoms with van der Waals surface area (Å²) in [5, 5.41) is 4.39. The second-order valence-corrected chi connectivity index (χ2v) is 7.13. The van der Waals surface area contributed by atoms with Crippen LogP contribution < -0.4 is 10.5 Å². The summed E-state index contributed by atoms with van der Waals surface area (Å²) in [5.41, 5.74) is 2.20. The van der Waals surface area contributed by atoms with Crippen LogP contribution in [-0.4, -0.2) is 32.4 Å². The maximum atomic E-state index is 13.0. The van der Waals surface area contributed by atoms with Crippen LogP contribution in [0.3, 0.4) is 0 Å². The zero-order valence-corrected chi connectivity index (χ0v) is 14.8. The van der Waals surface area contributed by atoms with Gasteiger partial charge in [0.2, 0.25) is 5.95 Å². The second-order valence-electron chi connectivity index (χ2n) is 7.13. The summed E-state index contributed by atoms with van der Waals surface area (Å²) in [7, 11) is 1.82. The van der Waals surface area contributed by atoms with Gasteiger partial charge in [0.25, 0.3) is 5.56 Å². The van der Waals surface area contributed by atoms with E-state index in [0.29, 0.717) is 23.9 Å². The Morgan fingerprint density at radius 3 is 2.48 bits per heavy atom. The third-order valence-electron chi connectivity index (χ3n) is 4.69. The molecule has 0 radical (unpaired) electrons. The van der Waals surface area contributed by atoms with Gasteiger partial charge in [-0.3, -0.25) is 14.0 Å². The monoisotopic (exact) mass is 317 g/mol. The maximum absolute atomic E-state index is 13.0. The third-order valence-corrected chi connectivity index (χ3v) is 4.69. The Hall–Kier alpha value is -1.85. The van der Waals surface area contributed by atoms with Gasteiger partial charge in [0.05, 0.1) is 5.69 Å². The molecule has 0 aromatic carbocycles. The molecule has 23 heavy (non-hydrogen) atoms. The van der Waals surface area contributed by atoms with Crippen molar-refractivity contribution in [3.8, 4) is 0 Å². The summed E-state index contributed by atoms with van der Waals surface area (Å²) in [6.45, 7) is 11.2. The topological polar surface area (TPSA) is 56.0 Å². The van der Waals surface area contributed by atoms with E-state index >= 15 is 0 Å². The number of fused-ring (bicyclic) bond motifs is 1. The van der Waals surface area contributed by atoms with E-state index in [2.05, 4.69) is 30.8 Å². The van der Waals surface area contributed by atoms with Crippen molar-refractivity contribution in [3.63, 3.8) is 0 Å². The van der Waals surface area contributed by atoms with Crippen LogP contribution in [0, 0.1) is 18.8 Å². The molecule has 1 saturated heterocycles. The molecule has 2 aromatic rings. The summed E-state index contributed by atoms with van der Waals surface area (Å²) in [4.78, 5) is 20.2. The molecule has 0 aliphatic carbocycles. The number of aryl methyl sites for hydroxylation is 2. The molecule has 1 aliphatic rings. The van der Waals surface area contributed by atoms with Gasteiger partial charge >= 0.3 is 0 Å². The molecule has 1 aliphatic heterocycles. The van der Waals surface area contributed by atoms with E-state index in [-0.39, 0.29) is 5.56 Å². The predicted molar refractivity (Wildman–Crippen MR) is 93.0 cm³/mol. The molecule has 0 bridgehead atoms. The molecule has 2 atom stereocenters. The average molecular weight is 317 g/mol. The van der Waals surface area contributed by atoms with E-state index in [1.54, 1.807) is 4.68 Å². The summed E-state index contributed by atoms with van der Waals surface area (Å²) in [6.07, 6.45) is 2.15. The summed E-state index contributed by atoms with van der Waals surface area (Å²) in [6, 6.07) is 0. The van der Waals surface area contributed by atoms with Crippen molar-refractivity contribution in [3.05, 3.63) is 16.0 Å². The van der Waals surface area contributed by atoms with E-state index < -0.39 is 0 Å². The Kier molecular flexibility index (Phi) is 4.17. The van der Waals surface area contributed by atoms with Gasteiger partial charge in [-0.2, -0.15) is 5.10 Å². The first kappa shape index (κ1) is 16.0. The number of rotatable bonds is 3. The molecule has 6 heteroatoms. The fourth-order valence-electron chi connectivity index (χ4n) is 3.89. The Labute approximate surface area is 137 Å². The van der Waals surface area contributed by atoms with Crippen molar-refractivity contribution >= 4 is 17.0 Å². The first-order valence-corrected chi connectivity index (χ1v) is 8.61. The Bertz CT molecular complexity index is 765. The number of hydrogen-bond acceptors (Lipinski definition) is 4. The summed E-state index contributed by atoms with van der Waals surface area (Å²) in [5.74, 6) is 2.06. The molecule has 3 rings (SSSR count). The number of aromatic nitrogens is 4. The van der Waals surface area contributed by atoms with Crippen LogP contribution in [0.5, 0.6) is 0 Å². The van der Waals surface area contributed by atoms with Gasteiger partial charge in [0.1, 0.15) is 5.52 Å². The van der Waals surface area contributed by atoms with Crippen LogP contribution in [0.2, 0.25) is 0 Å². The highest BCUT2D eigenvalue weighted by atomic mass is 16.1. The van der Waals surface area contributed by atoms with E-state index in [1.807, 2.05) is 18.5 Å². The standard InChI is InChI=1S/C17H27N5O/c1-6-7-22-16(23)15-14(13(4)19-20(15)5)18-17(22)21-9-11(2)8-12(3)10-21/h11-12H,6-10H2,1-5H3/t11-,12-/m1/s1. The average Bonchev–Trinajstić information content (AvgIpc) is 2.75. The summed E-state index contributed by atoms with van der Waals surface area (Å²) >= 11 is 0. The zero-order chi connectivity index (χ0) is 16.7. The van der Waals surface area contributed by atoms with Crippen LogP contribution in [-0.2, 0) is 13.6 Å². The van der Waals surface area contributed by atoms with Crippen LogP contribution in [0.15, 0.2) is 4.79 Å². The fraction of sp³-hybridized carbons (Fsp3) is 0.706. The first-order valence-electron chi connectivity index (χ1n) is 8.61. The van der Waals surface area contributed by atoms with Gasteiger partial charge in [-0.25, -0.2) is 4.98 Å². The second kappa shape index (κ2) is 5.98. The predicted octanol–water partition coefficient (Wildman–Crippen LogP) is 2.33. The minimum atomic E-state index is 0.0285. The van der Waals surface area contributed by atoms with Crippen LogP contribution in [0.4, 0.5) is 5.95 Å². The van der Waals surface area contributed by atoms with Gasteiger partial charge in [0, 0.05) is 26.7 Å². The van der Waals surface area contributed by atoms with Gasteiger partial charge in [-0.15, -0.1) is 0 Å². The first-order chi connectivity index (χ1) is 10.9. The van der Waals surface area contributed by atoms with Crippen molar-refractivity contribution in [2.45, 2.75) is 47.1 Å². The molecule has 6 nitrogen and oxygen atoms in total. The van der Waals surface area contributed by atoms with Crippen LogP contribution in [0.25, 0.3) is 11.0 Å². The highest BCUT2D eigenvalue weighted by Gasteiger charge is 2.26. The number of hydrogen-bond donors (Lipinski definition) is 0. The molecule has 2 aromatic heterocycles. The normalized spacial score (nSPS) is 22.0. The lowest BCUT2D eigenvalue weighted by Crippen LogP contribution is -2.42. The molecule has 0 N–H and O–H groups in total. The molecule has 0 spiro atoms. The van der Waals surface area contributed by atoms with Crippen molar-refractivity contribution in [2.24, 2.45) is 18.9 Å². The molecule has 126 valence electrons. The number of piperidine rings is 1. The van der Waals surface area contributed by atoms with Gasteiger partial charge in [-0.1, -0.05) is 20.8 Å². The highest BCUT2D eigenvalue weighted by Crippen LogP contribution is 2.26. The lowest BCUT2D eigenvalue weighted by atomic mass is 9.92. The third kappa shape index (κ3) is 2.75. The molecule has 3 heterocycles. The van der Waals surface area contributed by atoms with Crippen molar-refractivity contribution in [1.29, 1.82) is 0 Å². The minimum Gasteiger partial charge on any atom is -0.342 e. The zero-order valence-electron chi connectivity index (χ0n) is 14.8. The van der Waals surface area contributed by atoms with E-state index in [9.17, 15) is 4.79 Å². The summed E-state index contributed by atoms with van der Waals surface area (Å²) < 4.78 is 3.51. The van der Waals surface area contributed by atoms with Gasteiger partial charge in [-0.05, 0) is 31.6 Å². The highest BCUT2D eigenvalue weighted by molar-refractivity contribution is 5.77. The van der Waals surface area contributed by atoms with E-state index in [1.165, 1.54) is 6.42 Å². The molecule has 0 unspecified atom stereocenters. The van der Waals surface area contributed by atoms with Crippen LogP contribution in [0.1, 0.15) is 39.3 Å². The van der Waals surface area contributed by atoms with Crippen molar-refractivity contribution in [1.82, 2.24) is 19.3 Å². The molecule has 1 fully saturated rings. The van der Waals surface area contributed by atoms with E-state index in [0.717, 1.165) is 36.7 Å². The Balaban J connectivity index is 2.20. The smallest absolute Gasteiger partial charge is 0.281 e. The van der Waals surface area contributed by atoms with E-state index in [4.69, 9.17) is 4.98 Å². The lowest BCUT2D eigenvalue weighted by Gasteiger charge is -2.36. The molecule has 0 saturated carbocycles. The fourth-order valence-corrected chi connectivity index (χ4v) is 3.89. The largest absolute Gasteiger partial charge is 0.342 e. The Morgan fingerprint density at radius 1 is 1.22 bits per heavy atom.